The summed E-state index contributed by atoms with van der Waals surface area (Å²) in [5.41, 5.74) is 1.73. The van der Waals surface area contributed by atoms with Gasteiger partial charge in [0.25, 0.3) is 0 Å². The Morgan fingerprint density at radius 2 is 1.69 bits per heavy atom. The van der Waals surface area contributed by atoms with Crippen LogP contribution < -0.4 is 10.1 Å². The van der Waals surface area contributed by atoms with E-state index in [2.05, 4.69) is 5.32 Å². The Morgan fingerprint density at radius 1 is 1.00 bits per heavy atom. The second-order valence-electron chi connectivity index (χ2n) is 7.30. The topological polar surface area (TPSA) is 77.4 Å². The number of para-hydroxylation sites is 1. The standard InChI is InChI=1S/C24H21FN2O4S/c1-31-20-12-10-19(11-13-20)26-24(28)15-27-14-23(21-4-2-3-5-22(21)27)32(29,30)16-17-6-8-18(25)9-7-17/h2-14H,15-16H2,1H3,(H,26,28). The van der Waals surface area contributed by atoms with E-state index >= 15 is 0 Å². The third-order valence-electron chi connectivity index (χ3n) is 5.04. The number of ether oxygens (including phenoxy) is 1. The van der Waals surface area contributed by atoms with Crippen molar-refractivity contribution in [1.29, 1.82) is 0 Å². The van der Waals surface area contributed by atoms with Crippen molar-refractivity contribution >= 4 is 32.3 Å². The third kappa shape index (κ3) is 4.65. The van der Waals surface area contributed by atoms with Crippen LogP contribution in [-0.2, 0) is 26.9 Å². The Kier molecular flexibility index (Phi) is 5.96. The highest BCUT2D eigenvalue weighted by molar-refractivity contribution is 7.90. The summed E-state index contributed by atoms with van der Waals surface area (Å²) >= 11 is 0. The molecule has 0 aliphatic carbocycles. The fraction of sp³-hybridized carbons (Fsp3) is 0.125. The maximum Gasteiger partial charge on any atom is 0.244 e. The van der Waals surface area contributed by atoms with Crippen molar-refractivity contribution in [2.45, 2.75) is 17.2 Å². The number of nitrogens with zero attached hydrogens (tertiary/aromatic N) is 1. The highest BCUT2D eigenvalue weighted by Gasteiger charge is 2.22. The number of methoxy groups -OCH3 is 1. The van der Waals surface area contributed by atoms with E-state index in [0.29, 0.717) is 27.9 Å². The first-order valence-electron chi connectivity index (χ1n) is 9.85. The number of aromatic nitrogens is 1. The van der Waals surface area contributed by atoms with Gasteiger partial charge in [-0.05, 0) is 48.0 Å². The molecule has 0 radical (unpaired) electrons. The van der Waals surface area contributed by atoms with Crippen molar-refractivity contribution in [3.05, 3.63) is 90.4 Å². The predicted octanol–water partition coefficient (Wildman–Crippen LogP) is 4.40. The van der Waals surface area contributed by atoms with E-state index in [4.69, 9.17) is 4.74 Å². The van der Waals surface area contributed by atoms with Gasteiger partial charge >= 0.3 is 0 Å². The van der Waals surface area contributed by atoms with Gasteiger partial charge in [0.1, 0.15) is 18.1 Å². The number of hydrogen-bond donors (Lipinski definition) is 1. The number of carbonyl (C=O) groups is 1. The van der Waals surface area contributed by atoms with Gasteiger partial charge in [0.2, 0.25) is 5.91 Å². The Morgan fingerprint density at radius 3 is 2.38 bits per heavy atom. The fourth-order valence-corrected chi connectivity index (χ4v) is 5.08. The summed E-state index contributed by atoms with van der Waals surface area (Å²) in [5.74, 6) is -0.307. The lowest BCUT2D eigenvalue weighted by Crippen LogP contribution is -2.18. The molecule has 1 aromatic heterocycles. The zero-order chi connectivity index (χ0) is 22.7. The minimum Gasteiger partial charge on any atom is -0.497 e. The second kappa shape index (κ2) is 8.84. The fourth-order valence-electron chi connectivity index (χ4n) is 3.50. The third-order valence-corrected chi connectivity index (χ3v) is 6.75. The molecule has 0 saturated heterocycles. The van der Waals surface area contributed by atoms with Crippen LogP contribution in [0.25, 0.3) is 10.9 Å². The molecule has 1 heterocycles. The highest BCUT2D eigenvalue weighted by atomic mass is 32.2. The molecule has 1 N–H and O–H groups in total. The molecule has 1 amide bonds. The average Bonchev–Trinajstić information content (AvgIpc) is 3.15. The van der Waals surface area contributed by atoms with Gasteiger partial charge in [-0.2, -0.15) is 0 Å². The summed E-state index contributed by atoms with van der Waals surface area (Å²) in [5, 5.41) is 3.33. The zero-order valence-electron chi connectivity index (χ0n) is 17.3. The van der Waals surface area contributed by atoms with Gasteiger partial charge in [-0.25, -0.2) is 12.8 Å². The first kappa shape index (κ1) is 21.6. The lowest BCUT2D eigenvalue weighted by molar-refractivity contribution is -0.116. The minimum absolute atomic E-state index is 0.0569. The molecule has 0 unspecified atom stereocenters. The lowest BCUT2D eigenvalue weighted by atomic mass is 10.2. The number of rotatable bonds is 7. The van der Waals surface area contributed by atoms with Crippen molar-refractivity contribution in [2.75, 3.05) is 12.4 Å². The smallest absolute Gasteiger partial charge is 0.244 e. The lowest BCUT2D eigenvalue weighted by Gasteiger charge is -2.08. The maximum absolute atomic E-state index is 13.2. The van der Waals surface area contributed by atoms with Crippen LogP contribution in [-0.4, -0.2) is 26.0 Å². The molecule has 0 aliphatic heterocycles. The predicted molar refractivity (Wildman–Crippen MR) is 121 cm³/mol. The summed E-state index contributed by atoms with van der Waals surface area (Å²) in [7, 11) is -2.16. The van der Waals surface area contributed by atoms with Crippen LogP contribution in [0.3, 0.4) is 0 Å². The summed E-state index contributed by atoms with van der Waals surface area (Å²) in [6.45, 7) is -0.0569. The molecule has 8 heteroatoms. The molecule has 0 aliphatic rings. The number of hydrogen-bond acceptors (Lipinski definition) is 4. The molecule has 32 heavy (non-hydrogen) atoms. The Labute approximate surface area is 185 Å². The first-order valence-corrected chi connectivity index (χ1v) is 11.5. The van der Waals surface area contributed by atoms with Crippen molar-refractivity contribution in [2.24, 2.45) is 0 Å². The quantitative estimate of drug-likeness (QED) is 0.451. The zero-order valence-corrected chi connectivity index (χ0v) is 18.1. The van der Waals surface area contributed by atoms with Crippen LogP contribution >= 0.6 is 0 Å². The average molecular weight is 453 g/mol. The SMILES string of the molecule is COc1ccc(NC(=O)Cn2cc(S(=O)(=O)Cc3ccc(F)cc3)c3ccccc32)cc1. The molecule has 3 aromatic carbocycles. The number of nitrogens with one attached hydrogen (secondary N) is 1. The van der Waals surface area contributed by atoms with E-state index in [0.717, 1.165) is 0 Å². The second-order valence-corrected chi connectivity index (χ2v) is 9.26. The molecule has 6 nitrogen and oxygen atoms in total. The Bertz CT molecular complexity index is 1360. The van der Waals surface area contributed by atoms with E-state index in [1.165, 1.54) is 30.5 Å². The highest BCUT2D eigenvalue weighted by Crippen LogP contribution is 2.28. The van der Waals surface area contributed by atoms with Gasteiger partial charge in [-0.1, -0.05) is 30.3 Å². The number of fused-ring (bicyclic) bond motifs is 1. The Hall–Kier alpha value is -3.65. The van der Waals surface area contributed by atoms with E-state index in [1.807, 2.05) is 0 Å². The van der Waals surface area contributed by atoms with Crippen LogP contribution in [0.5, 0.6) is 5.75 Å². The van der Waals surface area contributed by atoms with Crippen LogP contribution in [0.15, 0.2) is 83.9 Å². The number of anilines is 1. The number of carbonyl (C=O) groups excluding carboxylic acids is 1. The van der Waals surface area contributed by atoms with Gasteiger partial charge < -0.3 is 14.6 Å². The molecule has 0 spiro atoms. The number of benzene rings is 3. The molecular weight excluding hydrogens is 431 g/mol. The maximum atomic E-state index is 13.2. The van der Waals surface area contributed by atoms with Crippen LogP contribution in [0.4, 0.5) is 10.1 Å². The van der Waals surface area contributed by atoms with Gasteiger partial charge in [0.15, 0.2) is 9.84 Å². The summed E-state index contributed by atoms with van der Waals surface area (Å²) < 4.78 is 46.2. The van der Waals surface area contributed by atoms with E-state index < -0.39 is 15.7 Å². The van der Waals surface area contributed by atoms with Crippen molar-refractivity contribution in [3.8, 4) is 5.75 Å². The molecule has 0 fully saturated rings. The van der Waals surface area contributed by atoms with Crippen molar-refractivity contribution in [3.63, 3.8) is 0 Å². The van der Waals surface area contributed by atoms with Gasteiger partial charge in [-0.15, -0.1) is 0 Å². The summed E-state index contributed by atoms with van der Waals surface area (Å²) in [6.07, 6.45) is 1.48. The van der Waals surface area contributed by atoms with Crippen molar-refractivity contribution in [1.82, 2.24) is 4.57 Å². The largest absolute Gasteiger partial charge is 0.497 e. The normalized spacial score (nSPS) is 11.4. The molecule has 0 saturated carbocycles. The summed E-state index contributed by atoms with van der Waals surface area (Å²) in [6, 6.07) is 19.3. The molecule has 0 atom stereocenters. The molecule has 0 bridgehead atoms. The van der Waals surface area contributed by atoms with Gasteiger partial charge in [-0.3, -0.25) is 4.79 Å². The molecule has 4 rings (SSSR count). The van der Waals surface area contributed by atoms with Crippen molar-refractivity contribution < 1.29 is 22.3 Å². The van der Waals surface area contributed by atoms with Gasteiger partial charge in [0, 0.05) is 22.8 Å². The molecule has 4 aromatic rings. The van der Waals surface area contributed by atoms with Crippen LogP contribution in [0.1, 0.15) is 5.56 Å². The minimum atomic E-state index is -3.72. The number of amides is 1. The van der Waals surface area contributed by atoms with E-state index in [9.17, 15) is 17.6 Å². The number of halogens is 1. The molecule has 164 valence electrons. The first-order chi connectivity index (χ1) is 15.4. The Balaban J connectivity index is 1.60. The van der Waals surface area contributed by atoms with E-state index in [-0.39, 0.29) is 23.1 Å². The molecular formula is C24H21FN2O4S. The monoisotopic (exact) mass is 452 g/mol. The van der Waals surface area contributed by atoms with Crippen LogP contribution in [0, 0.1) is 5.82 Å². The van der Waals surface area contributed by atoms with Gasteiger partial charge in [0.05, 0.1) is 17.8 Å². The number of sulfone groups is 1. The van der Waals surface area contributed by atoms with Crippen LogP contribution in [0.2, 0.25) is 0 Å². The van der Waals surface area contributed by atoms with E-state index in [1.54, 1.807) is 60.2 Å². The summed E-state index contributed by atoms with van der Waals surface area (Å²) in [4.78, 5) is 12.7.